The lowest BCUT2D eigenvalue weighted by Gasteiger charge is -2.46. The Morgan fingerprint density at radius 1 is 0.314 bits per heavy atom. The molecule has 0 amide bonds. The van der Waals surface area contributed by atoms with Crippen molar-refractivity contribution in [1.82, 2.24) is 9.34 Å². The number of rotatable bonds is 25. The fourth-order valence-corrected chi connectivity index (χ4v) is 29.3. The van der Waals surface area contributed by atoms with Gasteiger partial charge in [-0.15, -0.1) is 0 Å². The summed E-state index contributed by atoms with van der Waals surface area (Å²) in [5.74, 6) is 0. The molecule has 0 fully saturated rings. The van der Waals surface area contributed by atoms with Crippen molar-refractivity contribution in [1.29, 1.82) is 0 Å². The van der Waals surface area contributed by atoms with Crippen LogP contribution in [0.3, 0.4) is 0 Å². The molecule has 5 nitrogen and oxygen atoms in total. The van der Waals surface area contributed by atoms with E-state index in [1.165, 1.54) is 21.2 Å². The second-order valence-electron chi connectivity index (χ2n) is 22.0. The van der Waals surface area contributed by atoms with Crippen LogP contribution in [0, 0.1) is 0 Å². The van der Waals surface area contributed by atoms with Crippen molar-refractivity contribution in [2.24, 2.45) is 0 Å². The maximum Gasteiger partial charge on any atom is 0.215 e. The van der Waals surface area contributed by atoms with Gasteiger partial charge in [0.25, 0.3) is 0 Å². The SMILES string of the molecule is CN(C(CCC(C([C@H](Cc1ccccc1)N(C)P(c1ccccc1)c1ccccc1)[P+](O)(c1ccccc1)c1ccccc1)[P+](O)(c1ccccc1)c1ccccc1)C[P+](O)(c1ccccc1)c1ccccc1)P(c1ccccc1)c1ccccc1. The van der Waals surface area contributed by atoms with Crippen LogP contribution >= 0.6 is 38.6 Å². The highest BCUT2D eigenvalue weighted by molar-refractivity contribution is 7.89. The third-order valence-corrected chi connectivity index (χ3v) is 32.8. The highest BCUT2D eigenvalue weighted by atomic mass is 31.2. The first kappa shape index (κ1) is 61.0. The molecule has 86 heavy (non-hydrogen) atoms. The zero-order valence-electron chi connectivity index (χ0n) is 48.9. The molecule has 0 heterocycles. The van der Waals surface area contributed by atoms with E-state index in [0.29, 0.717) is 25.4 Å². The van der Waals surface area contributed by atoms with E-state index >= 15 is 9.79 Å². The number of likely N-dealkylation sites (N-methyl/N-ethyl adjacent to an activating group) is 1. The van der Waals surface area contributed by atoms with Gasteiger partial charge in [0, 0.05) is 16.1 Å². The van der Waals surface area contributed by atoms with Crippen LogP contribution in [-0.4, -0.2) is 67.7 Å². The summed E-state index contributed by atoms with van der Waals surface area (Å²) in [6, 6.07) is 116. The maximum absolute atomic E-state index is 15.6. The molecule has 0 spiro atoms. The van der Waals surface area contributed by atoms with E-state index in [1.807, 2.05) is 36.4 Å². The van der Waals surface area contributed by atoms with Gasteiger partial charge in [-0.2, -0.15) is 0 Å². The predicted molar refractivity (Wildman–Crippen MR) is 377 cm³/mol. The summed E-state index contributed by atoms with van der Waals surface area (Å²) in [4.78, 5) is 45.2. The molecule has 3 N–H and O–H groups in total. The first-order chi connectivity index (χ1) is 42.2. The molecule has 11 rings (SSSR count). The average Bonchev–Trinajstić information content (AvgIpc) is 1.46. The standard InChI is InChI=1S/C76H76N2O3P5/c1-77(82(64-38-16-4-17-39-64)65-40-18-5-19-41-65)63(61-84(79,68-46-24-8-25-47-68)69-48-26-9-27-49-69)58-59-75(85(80,70-50-28-10-29-51-70)71-52-30-11-31-53-71)76(86(81,72-54-32-12-33-55-72)73-56-34-13-35-57-73)74(60-62-36-14-3-15-37-62)78(2)83(66-42-20-6-21-43-66)67-44-22-7-23-45-67/h3-57,63,74-76,79-81H,58-61H2,1-2H3/q+3/t63?,74-,75?,76?/m0/s1. The Kier molecular flexibility index (Phi) is 20.5. The molecule has 11 aromatic rings. The molecule has 0 aromatic heterocycles. The van der Waals surface area contributed by atoms with Crippen LogP contribution in [0.2, 0.25) is 0 Å². The molecule has 11 aromatic carbocycles. The Balaban J connectivity index is 1.22. The first-order valence-electron chi connectivity index (χ1n) is 29.7. The van der Waals surface area contributed by atoms with Gasteiger partial charge in [0.1, 0.15) is 43.6 Å². The minimum atomic E-state index is -3.70. The minimum Gasteiger partial charge on any atom is -0.271 e. The number of nitrogens with zero attached hydrogens (tertiary/aromatic N) is 2. The fourth-order valence-electron chi connectivity index (χ4n) is 12.7. The Bertz CT molecular complexity index is 3570. The number of hydrogen-bond donors (Lipinski definition) is 3. The molecular weight excluding hydrogens is 1140 g/mol. The number of benzene rings is 11. The molecule has 0 saturated carbocycles. The molecule has 4 atom stereocenters. The summed E-state index contributed by atoms with van der Waals surface area (Å²) < 4.78 is 5.20. The summed E-state index contributed by atoms with van der Waals surface area (Å²) in [7, 11) is -8.40. The highest BCUT2D eigenvalue weighted by Crippen LogP contribution is 2.71. The zero-order valence-corrected chi connectivity index (χ0v) is 53.3. The van der Waals surface area contributed by atoms with Gasteiger partial charge in [0.2, 0.25) is 22.5 Å². The second kappa shape index (κ2) is 28.9. The van der Waals surface area contributed by atoms with Gasteiger partial charge in [0.15, 0.2) is 5.66 Å². The summed E-state index contributed by atoms with van der Waals surface area (Å²) in [5, 5.41) is 10.1. The lowest BCUT2D eigenvalue weighted by Crippen LogP contribution is -2.55. The van der Waals surface area contributed by atoms with Crippen molar-refractivity contribution in [2.75, 3.05) is 20.3 Å². The Morgan fingerprint density at radius 3 is 0.907 bits per heavy atom. The molecule has 3 unspecified atom stereocenters. The monoisotopic (exact) mass is 1220 g/mol. The molecule has 10 heteroatoms. The van der Waals surface area contributed by atoms with Gasteiger partial charge in [-0.25, -0.2) is 14.7 Å². The molecule has 0 aliphatic carbocycles. The molecular formula is C76H76N2O3P5+3. The van der Waals surface area contributed by atoms with E-state index in [-0.39, 0.29) is 6.04 Å². The van der Waals surface area contributed by atoms with Crippen LogP contribution in [0.4, 0.5) is 0 Å². The van der Waals surface area contributed by atoms with E-state index in [1.54, 1.807) is 0 Å². The van der Waals surface area contributed by atoms with Crippen molar-refractivity contribution < 1.29 is 14.7 Å². The lowest BCUT2D eigenvalue weighted by molar-refractivity contribution is 0.339. The van der Waals surface area contributed by atoms with E-state index in [0.717, 1.165) is 37.4 Å². The van der Waals surface area contributed by atoms with E-state index < -0.39 is 56.0 Å². The van der Waals surface area contributed by atoms with Gasteiger partial charge < -0.3 is 0 Å². The molecule has 430 valence electrons. The fraction of sp³-hybridized carbons (Fsp3) is 0.132. The third-order valence-electron chi connectivity index (χ3n) is 16.9. The van der Waals surface area contributed by atoms with Crippen LogP contribution in [-0.2, 0) is 6.42 Å². The molecule has 0 bridgehead atoms. The molecule has 0 aliphatic rings. The largest absolute Gasteiger partial charge is 0.271 e. The summed E-state index contributed by atoms with van der Waals surface area (Å²) in [6.07, 6.45) is 2.07. The van der Waals surface area contributed by atoms with Gasteiger partial charge in [-0.05, 0) is 133 Å². The van der Waals surface area contributed by atoms with Crippen LogP contribution in [0.1, 0.15) is 18.4 Å². The first-order valence-corrected chi connectivity index (χ1v) is 37.8. The molecule has 0 saturated heterocycles. The summed E-state index contributed by atoms with van der Waals surface area (Å²) >= 11 is 0. The Hall–Kier alpha value is -6.63. The van der Waals surface area contributed by atoms with E-state index in [2.05, 4.69) is 321 Å². The quantitative estimate of drug-likeness (QED) is 0.0498. The van der Waals surface area contributed by atoms with Crippen molar-refractivity contribution >= 4 is 91.7 Å². The molecule has 0 aliphatic heterocycles. The van der Waals surface area contributed by atoms with Crippen molar-refractivity contribution in [3.8, 4) is 0 Å². The third kappa shape index (κ3) is 13.4. The van der Waals surface area contributed by atoms with Gasteiger partial charge in [0.05, 0.1) is 12.1 Å². The second-order valence-corrected chi connectivity index (χ2v) is 35.6. The summed E-state index contributed by atoms with van der Waals surface area (Å²) in [5.41, 5.74) is -0.0740. The maximum atomic E-state index is 15.6. The lowest BCUT2D eigenvalue weighted by atomic mass is 9.98. The van der Waals surface area contributed by atoms with Gasteiger partial charge in [-0.3, -0.25) is 9.34 Å². The van der Waals surface area contributed by atoms with Crippen LogP contribution in [0.25, 0.3) is 0 Å². The van der Waals surface area contributed by atoms with Crippen LogP contribution in [0.15, 0.2) is 334 Å². The average molecular weight is 1220 g/mol. The van der Waals surface area contributed by atoms with Crippen LogP contribution < -0.4 is 53.0 Å². The van der Waals surface area contributed by atoms with Gasteiger partial charge >= 0.3 is 0 Å². The van der Waals surface area contributed by atoms with Gasteiger partial charge in [-0.1, -0.05) is 261 Å². The van der Waals surface area contributed by atoms with Crippen molar-refractivity contribution in [2.45, 2.75) is 42.7 Å². The van der Waals surface area contributed by atoms with Crippen molar-refractivity contribution in [3.05, 3.63) is 339 Å². The zero-order chi connectivity index (χ0) is 59.2. The normalized spacial score (nSPS) is 13.6. The summed E-state index contributed by atoms with van der Waals surface area (Å²) in [6.45, 7) is 0. The molecule has 0 radical (unpaired) electrons. The topological polar surface area (TPSA) is 67.2 Å². The minimum absolute atomic E-state index is 0.264. The van der Waals surface area contributed by atoms with E-state index in [4.69, 9.17) is 0 Å². The Morgan fingerprint density at radius 2 is 0.581 bits per heavy atom. The van der Waals surface area contributed by atoms with Crippen molar-refractivity contribution in [3.63, 3.8) is 0 Å². The smallest absolute Gasteiger partial charge is 0.215 e. The Labute approximate surface area is 514 Å². The predicted octanol–water partition coefficient (Wildman–Crippen LogP) is 13.2. The van der Waals surface area contributed by atoms with E-state index in [9.17, 15) is 4.89 Å². The van der Waals surface area contributed by atoms with Crippen LogP contribution in [0.5, 0.6) is 0 Å². The number of hydrogen-bond acceptors (Lipinski definition) is 5. The highest BCUT2D eigenvalue weighted by Gasteiger charge is 2.67.